The maximum absolute atomic E-state index is 11.7. The number of carbonyl (C=O) groups is 1. The molecule has 0 aliphatic heterocycles. The number of methoxy groups -OCH3 is 1. The number of ether oxygens (including phenoxy) is 1. The molecule has 1 aliphatic rings. The topological polar surface area (TPSA) is 50.4 Å². The van der Waals surface area contributed by atoms with Crippen LogP contribution in [0.4, 0.5) is 0 Å². The molecule has 19 heavy (non-hydrogen) atoms. The van der Waals surface area contributed by atoms with Gasteiger partial charge >= 0.3 is 0 Å². The third-order valence-electron chi connectivity index (χ3n) is 4.03. The molecular weight excluding hydrogens is 240 g/mol. The summed E-state index contributed by atoms with van der Waals surface area (Å²) in [6, 6.07) is 0.505. The van der Waals surface area contributed by atoms with E-state index in [2.05, 4.69) is 17.6 Å². The Morgan fingerprint density at radius 3 is 2.68 bits per heavy atom. The summed E-state index contributed by atoms with van der Waals surface area (Å²) in [6.07, 6.45) is 8.72. The third-order valence-corrected chi connectivity index (χ3v) is 4.03. The van der Waals surface area contributed by atoms with Crippen molar-refractivity contribution < 1.29 is 9.53 Å². The first kappa shape index (κ1) is 16.4. The predicted octanol–water partition coefficient (Wildman–Crippen LogP) is 2.09. The van der Waals surface area contributed by atoms with Crippen molar-refractivity contribution in [1.29, 1.82) is 0 Å². The van der Waals surface area contributed by atoms with Gasteiger partial charge in [0.15, 0.2) is 0 Å². The summed E-state index contributed by atoms with van der Waals surface area (Å²) in [4.78, 5) is 11.7. The Labute approximate surface area is 117 Å². The van der Waals surface area contributed by atoms with E-state index < -0.39 is 0 Å². The number of nitrogens with one attached hydrogen (secondary N) is 2. The smallest absolute Gasteiger partial charge is 0.233 e. The number of rotatable bonds is 9. The van der Waals surface area contributed by atoms with Crippen molar-refractivity contribution >= 4 is 5.91 Å². The Morgan fingerprint density at radius 1 is 1.32 bits per heavy atom. The van der Waals surface area contributed by atoms with Crippen molar-refractivity contribution in [2.75, 3.05) is 26.8 Å². The number of hydrogen-bond donors (Lipinski definition) is 2. The van der Waals surface area contributed by atoms with Gasteiger partial charge in [0.25, 0.3) is 0 Å². The predicted molar refractivity (Wildman–Crippen MR) is 78.2 cm³/mol. The van der Waals surface area contributed by atoms with Crippen LogP contribution in [0.25, 0.3) is 0 Å². The summed E-state index contributed by atoms with van der Waals surface area (Å²) >= 11 is 0. The molecule has 1 saturated carbocycles. The minimum Gasteiger partial charge on any atom is -0.385 e. The molecule has 4 nitrogen and oxygen atoms in total. The molecule has 2 N–H and O–H groups in total. The van der Waals surface area contributed by atoms with Gasteiger partial charge in [0.05, 0.1) is 6.54 Å². The highest BCUT2D eigenvalue weighted by molar-refractivity contribution is 5.77. The van der Waals surface area contributed by atoms with E-state index >= 15 is 0 Å². The summed E-state index contributed by atoms with van der Waals surface area (Å²) in [6.45, 7) is 4.06. The molecule has 1 amide bonds. The summed E-state index contributed by atoms with van der Waals surface area (Å²) in [7, 11) is 1.68. The second kappa shape index (κ2) is 10.2. The standard InChI is InChI=1S/C15H30N2O2/c1-3-14(13-8-5-4-6-9-13)17-12-15(18)16-10-7-11-19-2/h13-14,17H,3-12H2,1-2H3,(H,16,18). The van der Waals surface area contributed by atoms with Crippen LogP contribution in [0.5, 0.6) is 0 Å². The normalized spacial score (nSPS) is 18.2. The molecule has 0 aromatic heterocycles. The van der Waals surface area contributed by atoms with E-state index in [1.807, 2.05) is 0 Å². The molecule has 0 aromatic carbocycles. The lowest BCUT2D eigenvalue weighted by Gasteiger charge is -2.30. The van der Waals surface area contributed by atoms with Gasteiger partial charge in [-0.25, -0.2) is 0 Å². The van der Waals surface area contributed by atoms with Crippen molar-refractivity contribution in [2.24, 2.45) is 5.92 Å². The molecule has 0 spiro atoms. The van der Waals surface area contributed by atoms with Gasteiger partial charge in [-0.2, -0.15) is 0 Å². The van der Waals surface area contributed by atoms with Gasteiger partial charge in [0.2, 0.25) is 5.91 Å². The fraction of sp³-hybridized carbons (Fsp3) is 0.933. The van der Waals surface area contributed by atoms with E-state index in [-0.39, 0.29) is 5.91 Å². The maximum atomic E-state index is 11.7. The lowest BCUT2D eigenvalue weighted by Crippen LogP contribution is -2.43. The number of carbonyl (C=O) groups excluding carboxylic acids is 1. The van der Waals surface area contributed by atoms with Crippen LogP contribution in [0, 0.1) is 5.92 Å². The zero-order chi connectivity index (χ0) is 13.9. The van der Waals surface area contributed by atoms with Crippen molar-refractivity contribution in [3.05, 3.63) is 0 Å². The summed E-state index contributed by atoms with van der Waals surface area (Å²) in [5, 5.41) is 6.35. The van der Waals surface area contributed by atoms with E-state index in [1.54, 1.807) is 7.11 Å². The number of hydrogen-bond acceptors (Lipinski definition) is 3. The minimum atomic E-state index is 0.102. The quantitative estimate of drug-likeness (QED) is 0.631. The van der Waals surface area contributed by atoms with E-state index in [4.69, 9.17) is 4.74 Å². The second-order valence-electron chi connectivity index (χ2n) is 5.49. The first-order valence-corrected chi connectivity index (χ1v) is 7.77. The van der Waals surface area contributed by atoms with Crippen LogP contribution >= 0.6 is 0 Å². The van der Waals surface area contributed by atoms with Crippen molar-refractivity contribution in [2.45, 2.75) is 57.9 Å². The van der Waals surface area contributed by atoms with Crippen molar-refractivity contribution in [1.82, 2.24) is 10.6 Å². The van der Waals surface area contributed by atoms with Gasteiger partial charge in [0, 0.05) is 26.3 Å². The Bertz CT molecular complexity index is 240. The lowest BCUT2D eigenvalue weighted by atomic mass is 9.83. The van der Waals surface area contributed by atoms with Crippen LogP contribution in [0.3, 0.4) is 0 Å². The van der Waals surface area contributed by atoms with Gasteiger partial charge in [-0.3, -0.25) is 4.79 Å². The Kier molecular flexibility index (Phi) is 8.84. The Hall–Kier alpha value is -0.610. The van der Waals surface area contributed by atoms with Crippen LogP contribution in [0.15, 0.2) is 0 Å². The van der Waals surface area contributed by atoms with Crippen molar-refractivity contribution in [3.63, 3.8) is 0 Å². The van der Waals surface area contributed by atoms with Crippen LogP contribution in [0.1, 0.15) is 51.9 Å². The fourth-order valence-electron chi connectivity index (χ4n) is 2.91. The molecule has 1 aliphatic carbocycles. The third kappa shape index (κ3) is 6.92. The molecule has 4 heteroatoms. The van der Waals surface area contributed by atoms with Crippen LogP contribution < -0.4 is 10.6 Å². The van der Waals surface area contributed by atoms with Gasteiger partial charge in [-0.1, -0.05) is 26.2 Å². The van der Waals surface area contributed by atoms with Gasteiger partial charge < -0.3 is 15.4 Å². The maximum Gasteiger partial charge on any atom is 0.233 e. The zero-order valence-electron chi connectivity index (χ0n) is 12.5. The minimum absolute atomic E-state index is 0.102. The molecule has 1 rings (SSSR count). The molecule has 1 unspecified atom stereocenters. The van der Waals surface area contributed by atoms with E-state index in [9.17, 15) is 4.79 Å². The number of amides is 1. The van der Waals surface area contributed by atoms with Crippen molar-refractivity contribution in [3.8, 4) is 0 Å². The largest absolute Gasteiger partial charge is 0.385 e. The molecule has 0 bridgehead atoms. The summed E-state index contributed by atoms with van der Waals surface area (Å²) < 4.78 is 4.95. The summed E-state index contributed by atoms with van der Waals surface area (Å²) in [5.41, 5.74) is 0. The molecular formula is C15H30N2O2. The molecule has 0 heterocycles. The molecule has 0 aromatic rings. The molecule has 1 fully saturated rings. The first-order valence-electron chi connectivity index (χ1n) is 7.77. The van der Waals surface area contributed by atoms with Gasteiger partial charge in [-0.05, 0) is 31.6 Å². The van der Waals surface area contributed by atoms with E-state index in [1.165, 1.54) is 32.1 Å². The Morgan fingerprint density at radius 2 is 2.05 bits per heavy atom. The lowest BCUT2D eigenvalue weighted by molar-refractivity contribution is -0.120. The van der Waals surface area contributed by atoms with E-state index in [0.29, 0.717) is 25.7 Å². The Balaban J connectivity index is 2.15. The van der Waals surface area contributed by atoms with Crippen LogP contribution in [0.2, 0.25) is 0 Å². The average Bonchev–Trinajstić information content (AvgIpc) is 2.45. The van der Waals surface area contributed by atoms with Gasteiger partial charge in [-0.15, -0.1) is 0 Å². The highest BCUT2D eigenvalue weighted by Crippen LogP contribution is 2.27. The fourth-order valence-corrected chi connectivity index (χ4v) is 2.91. The molecule has 1 atom stereocenters. The first-order chi connectivity index (χ1) is 9.27. The zero-order valence-corrected chi connectivity index (χ0v) is 12.5. The highest BCUT2D eigenvalue weighted by Gasteiger charge is 2.22. The average molecular weight is 270 g/mol. The monoisotopic (exact) mass is 270 g/mol. The van der Waals surface area contributed by atoms with Crippen LogP contribution in [-0.2, 0) is 9.53 Å². The summed E-state index contributed by atoms with van der Waals surface area (Å²) in [5.74, 6) is 0.866. The van der Waals surface area contributed by atoms with E-state index in [0.717, 1.165) is 18.8 Å². The molecule has 0 saturated heterocycles. The SMILES string of the molecule is CCC(NCC(=O)NCCCOC)C1CCCCC1. The molecule has 112 valence electrons. The van der Waals surface area contributed by atoms with Gasteiger partial charge in [0.1, 0.15) is 0 Å². The van der Waals surface area contributed by atoms with Crippen LogP contribution in [-0.4, -0.2) is 38.8 Å². The highest BCUT2D eigenvalue weighted by atomic mass is 16.5. The second-order valence-corrected chi connectivity index (χ2v) is 5.49. The molecule has 0 radical (unpaired) electrons.